The number of carbonyl (C=O) groups is 1. The molecule has 1 saturated carbocycles. The minimum atomic E-state index is -0.220. The Balaban J connectivity index is 1.89. The normalized spacial score (nSPS) is 22.3. The number of esters is 1. The Labute approximate surface area is 127 Å². The van der Waals surface area contributed by atoms with Gasteiger partial charge < -0.3 is 4.74 Å². The van der Waals surface area contributed by atoms with Crippen LogP contribution in [-0.2, 0) is 9.53 Å². The lowest BCUT2D eigenvalue weighted by atomic mass is 9.83. The van der Waals surface area contributed by atoms with Crippen molar-refractivity contribution >= 4 is 21.9 Å². The van der Waals surface area contributed by atoms with E-state index in [1.165, 1.54) is 0 Å². The minimum Gasteiger partial charge on any atom is -0.462 e. The fourth-order valence-corrected chi connectivity index (χ4v) is 2.88. The van der Waals surface area contributed by atoms with Crippen molar-refractivity contribution in [3.63, 3.8) is 0 Å². The van der Waals surface area contributed by atoms with Crippen molar-refractivity contribution in [2.45, 2.75) is 44.1 Å². The zero-order valence-corrected chi connectivity index (χ0v) is 12.9. The van der Waals surface area contributed by atoms with E-state index >= 15 is 0 Å². The number of ether oxygens (including phenoxy) is 1. The van der Waals surface area contributed by atoms with Gasteiger partial charge in [0.15, 0.2) is 0 Å². The molecule has 2 nitrogen and oxygen atoms in total. The molecule has 0 heterocycles. The quantitative estimate of drug-likeness (QED) is 0.584. The van der Waals surface area contributed by atoms with Crippen LogP contribution in [0.1, 0.15) is 43.6 Å². The summed E-state index contributed by atoms with van der Waals surface area (Å²) in [6.45, 7) is 3.52. The molecule has 1 aromatic rings. The van der Waals surface area contributed by atoms with Crippen LogP contribution >= 0.6 is 15.9 Å². The molecule has 1 aliphatic carbocycles. The number of hydrogen-bond acceptors (Lipinski definition) is 2. The van der Waals surface area contributed by atoms with E-state index in [1.807, 2.05) is 6.07 Å². The number of carbonyl (C=O) groups excluding carboxylic acids is 1. The summed E-state index contributed by atoms with van der Waals surface area (Å²) in [4.78, 5) is 11.4. The van der Waals surface area contributed by atoms with Gasteiger partial charge in [0.2, 0.25) is 0 Å². The first-order valence-electron chi connectivity index (χ1n) is 6.85. The second-order valence-corrected chi connectivity index (χ2v) is 5.98. The summed E-state index contributed by atoms with van der Waals surface area (Å²) in [5.41, 5.74) is 1.03. The lowest BCUT2D eigenvalue weighted by Crippen LogP contribution is -2.23. The van der Waals surface area contributed by atoms with Crippen LogP contribution in [0.3, 0.4) is 0 Å². The Morgan fingerprint density at radius 1 is 1.40 bits per heavy atom. The molecule has 108 valence electrons. The fourth-order valence-electron chi connectivity index (χ4n) is 2.63. The lowest BCUT2D eigenvalue weighted by Gasteiger charge is -2.28. The summed E-state index contributed by atoms with van der Waals surface area (Å²) < 4.78 is 19.4. The maximum absolute atomic E-state index is 13.5. The summed E-state index contributed by atoms with van der Waals surface area (Å²) in [6, 6.07) is 5.31. The van der Waals surface area contributed by atoms with Gasteiger partial charge in [0, 0.05) is 0 Å². The van der Waals surface area contributed by atoms with E-state index in [0.29, 0.717) is 10.4 Å². The minimum absolute atomic E-state index is 0.000930. The SMILES string of the molecule is C=CCC(=O)O[C@H]1CC[C@H](c2ccc(Br)c(F)c2)CC1. The van der Waals surface area contributed by atoms with Crippen LogP contribution in [0.4, 0.5) is 4.39 Å². The molecule has 0 N–H and O–H groups in total. The highest BCUT2D eigenvalue weighted by molar-refractivity contribution is 9.10. The van der Waals surface area contributed by atoms with Crippen molar-refractivity contribution in [3.8, 4) is 0 Å². The van der Waals surface area contributed by atoms with Gasteiger partial charge in [-0.05, 0) is 65.2 Å². The largest absolute Gasteiger partial charge is 0.462 e. The first-order valence-corrected chi connectivity index (χ1v) is 7.64. The van der Waals surface area contributed by atoms with Gasteiger partial charge in [0.25, 0.3) is 0 Å². The topological polar surface area (TPSA) is 26.3 Å². The lowest BCUT2D eigenvalue weighted by molar-refractivity contribution is -0.149. The van der Waals surface area contributed by atoms with Gasteiger partial charge in [-0.3, -0.25) is 4.79 Å². The Bertz CT molecular complexity index is 493. The van der Waals surface area contributed by atoms with Crippen molar-refractivity contribution in [1.82, 2.24) is 0 Å². The zero-order chi connectivity index (χ0) is 14.5. The van der Waals surface area contributed by atoms with Gasteiger partial charge in [-0.2, -0.15) is 0 Å². The number of rotatable bonds is 4. The van der Waals surface area contributed by atoms with Crippen LogP contribution in [0.25, 0.3) is 0 Å². The van der Waals surface area contributed by atoms with E-state index in [-0.39, 0.29) is 24.3 Å². The van der Waals surface area contributed by atoms with Crippen LogP contribution in [0, 0.1) is 5.82 Å². The second kappa shape index (κ2) is 7.02. The molecule has 0 amide bonds. The molecule has 0 saturated heterocycles. The highest BCUT2D eigenvalue weighted by Gasteiger charge is 2.25. The molecule has 0 aliphatic heterocycles. The predicted molar refractivity (Wildman–Crippen MR) is 80.0 cm³/mol. The van der Waals surface area contributed by atoms with E-state index in [9.17, 15) is 9.18 Å². The van der Waals surface area contributed by atoms with Crippen LogP contribution in [0.15, 0.2) is 35.3 Å². The molecule has 0 aromatic heterocycles. The zero-order valence-electron chi connectivity index (χ0n) is 11.3. The average Bonchev–Trinajstić information content (AvgIpc) is 2.43. The van der Waals surface area contributed by atoms with E-state index in [0.717, 1.165) is 31.2 Å². The van der Waals surface area contributed by atoms with Gasteiger partial charge >= 0.3 is 5.97 Å². The van der Waals surface area contributed by atoms with E-state index in [1.54, 1.807) is 18.2 Å². The molecule has 1 aromatic carbocycles. The molecule has 1 aliphatic rings. The summed E-state index contributed by atoms with van der Waals surface area (Å²) >= 11 is 3.16. The van der Waals surface area contributed by atoms with Gasteiger partial charge in [-0.25, -0.2) is 4.39 Å². The average molecular weight is 341 g/mol. The van der Waals surface area contributed by atoms with E-state index in [4.69, 9.17) is 4.74 Å². The van der Waals surface area contributed by atoms with E-state index in [2.05, 4.69) is 22.5 Å². The fraction of sp³-hybridized carbons (Fsp3) is 0.438. The third-order valence-corrected chi connectivity index (χ3v) is 4.34. The van der Waals surface area contributed by atoms with Crippen LogP contribution < -0.4 is 0 Å². The van der Waals surface area contributed by atoms with E-state index < -0.39 is 0 Å². The molecule has 20 heavy (non-hydrogen) atoms. The number of hydrogen-bond donors (Lipinski definition) is 0. The summed E-state index contributed by atoms with van der Waals surface area (Å²) in [6.07, 6.45) is 5.34. The maximum atomic E-state index is 13.5. The highest BCUT2D eigenvalue weighted by Crippen LogP contribution is 2.35. The molecule has 4 heteroatoms. The summed E-state index contributed by atoms with van der Waals surface area (Å²) in [5, 5.41) is 0. The third-order valence-electron chi connectivity index (χ3n) is 3.70. The van der Waals surface area contributed by atoms with Crippen molar-refractivity contribution < 1.29 is 13.9 Å². The number of benzene rings is 1. The van der Waals surface area contributed by atoms with Crippen LogP contribution in [0.5, 0.6) is 0 Å². The first kappa shape index (κ1) is 15.2. The van der Waals surface area contributed by atoms with Crippen LogP contribution in [0.2, 0.25) is 0 Å². The van der Waals surface area contributed by atoms with Gasteiger partial charge in [0.05, 0.1) is 10.9 Å². The maximum Gasteiger partial charge on any atom is 0.309 e. The van der Waals surface area contributed by atoms with Crippen molar-refractivity contribution in [2.75, 3.05) is 0 Å². The number of halogens is 2. The Kier molecular flexibility index (Phi) is 5.35. The Hall–Kier alpha value is -1.16. The van der Waals surface area contributed by atoms with Gasteiger partial charge in [-0.1, -0.05) is 12.1 Å². The Morgan fingerprint density at radius 2 is 2.10 bits per heavy atom. The third kappa shape index (κ3) is 3.92. The molecular formula is C16H18BrFO2. The second-order valence-electron chi connectivity index (χ2n) is 5.13. The predicted octanol–water partition coefficient (Wildman–Crippen LogP) is 4.73. The smallest absolute Gasteiger partial charge is 0.309 e. The molecule has 0 radical (unpaired) electrons. The van der Waals surface area contributed by atoms with Crippen molar-refractivity contribution in [2.24, 2.45) is 0 Å². The molecular weight excluding hydrogens is 323 g/mol. The molecule has 0 atom stereocenters. The highest BCUT2D eigenvalue weighted by atomic mass is 79.9. The monoisotopic (exact) mass is 340 g/mol. The summed E-state index contributed by atoms with van der Waals surface area (Å²) in [7, 11) is 0. The molecule has 0 spiro atoms. The standard InChI is InChI=1S/C16H18BrFO2/c1-2-3-16(19)20-13-7-4-11(5-8-13)12-6-9-14(17)15(18)10-12/h2,6,9-11,13H,1,3-5,7-8H2/t11-,13-. The molecule has 1 fully saturated rings. The van der Waals surface area contributed by atoms with Crippen LogP contribution in [-0.4, -0.2) is 12.1 Å². The molecule has 0 bridgehead atoms. The van der Waals surface area contributed by atoms with Crippen molar-refractivity contribution in [3.05, 3.63) is 46.7 Å². The Morgan fingerprint density at radius 3 is 2.70 bits per heavy atom. The van der Waals surface area contributed by atoms with Gasteiger partial charge in [-0.15, -0.1) is 6.58 Å². The molecule has 2 rings (SSSR count). The summed E-state index contributed by atoms with van der Waals surface area (Å²) in [5.74, 6) is -0.0767. The van der Waals surface area contributed by atoms with Gasteiger partial charge in [0.1, 0.15) is 11.9 Å². The molecule has 0 unspecified atom stereocenters. The first-order chi connectivity index (χ1) is 9.60. The van der Waals surface area contributed by atoms with Crippen molar-refractivity contribution in [1.29, 1.82) is 0 Å².